The van der Waals surface area contributed by atoms with Crippen molar-refractivity contribution >= 4 is 127 Å². The lowest BCUT2D eigenvalue weighted by atomic mass is 9.29. The Morgan fingerprint density at radius 3 is 1.34 bits per heavy atom. The molecule has 330 valence electrons. The number of fused-ring (bicyclic) bond motifs is 12. The van der Waals surface area contributed by atoms with Crippen LogP contribution >= 0.6 is 23.9 Å². The van der Waals surface area contributed by atoms with Gasteiger partial charge >= 0.3 is 0 Å². The highest BCUT2D eigenvalue weighted by Crippen LogP contribution is 2.47. The number of nitrogens with one attached hydrogen (secondary N) is 1. The Bertz CT molecular complexity index is 3350. The van der Waals surface area contributed by atoms with Gasteiger partial charge in [0.25, 0.3) is 20.1 Å². The summed E-state index contributed by atoms with van der Waals surface area (Å²) in [6.07, 6.45) is 4.38. The maximum absolute atomic E-state index is 7.35. The van der Waals surface area contributed by atoms with E-state index in [1.54, 1.807) is 23.9 Å². The van der Waals surface area contributed by atoms with E-state index in [4.69, 9.17) is 14.2 Å². The zero-order valence-corrected chi connectivity index (χ0v) is 41.7. The zero-order chi connectivity index (χ0) is 46.2. The van der Waals surface area contributed by atoms with Gasteiger partial charge in [-0.15, -0.1) is 0 Å². The van der Waals surface area contributed by atoms with Gasteiger partial charge < -0.3 is 19.5 Å². The van der Waals surface area contributed by atoms with Crippen molar-refractivity contribution < 1.29 is 14.2 Å². The molecule has 11 heteroatoms. The molecule has 0 saturated carbocycles. The van der Waals surface area contributed by atoms with E-state index in [0.29, 0.717) is 0 Å². The standard InChI is InChI=1S/C56H52B3N3O3S2/c1-54(2,3)30-20-40-51-48(23-30)63-45-18-14-12-16-33(45)57(51)35-26-36-41(28-39(35)60-40)61(66-10)44-22-32(56(7,8)9)25-50-53(44)59(36)38-27-37-42(29-47(38)65-50)62(67-11)43-21-31(55(4,5)6)24-49-52(43)58(37)34-17-13-15-19-46(34)64-49/h12-29,60H,1-11H3. The molecule has 0 bridgehead atoms. The van der Waals surface area contributed by atoms with E-state index in [1.807, 2.05) is 0 Å². The molecule has 6 aliphatic rings. The van der Waals surface area contributed by atoms with E-state index in [-0.39, 0.29) is 36.4 Å². The third kappa shape index (κ3) is 5.89. The number of ether oxygens (including phenoxy) is 3. The normalized spacial score (nSPS) is 15.2. The van der Waals surface area contributed by atoms with Crippen LogP contribution in [0.3, 0.4) is 0 Å². The predicted octanol–water partition coefficient (Wildman–Crippen LogP) is 8.96. The van der Waals surface area contributed by atoms with Crippen molar-refractivity contribution in [2.75, 3.05) is 26.4 Å². The molecule has 6 nitrogen and oxygen atoms in total. The minimum absolute atomic E-state index is 0.0120. The monoisotopic (exact) mass is 911 g/mol. The highest BCUT2D eigenvalue weighted by atomic mass is 32.2. The third-order valence-corrected chi connectivity index (χ3v) is 16.6. The van der Waals surface area contributed by atoms with Crippen LogP contribution in [0.15, 0.2) is 109 Å². The topological polar surface area (TPSA) is 46.2 Å². The van der Waals surface area contributed by atoms with Gasteiger partial charge in [0.2, 0.25) is 0 Å². The lowest BCUT2D eigenvalue weighted by Crippen LogP contribution is -2.64. The molecule has 0 radical (unpaired) electrons. The second kappa shape index (κ2) is 13.9. The average Bonchev–Trinajstić information content (AvgIpc) is 3.29. The quantitative estimate of drug-likeness (QED) is 0.136. The fraction of sp³-hybridized carbons (Fsp3) is 0.250. The van der Waals surface area contributed by atoms with Crippen molar-refractivity contribution in [3.8, 4) is 34.5 Å². The van der Waals surface area contributed by atoms with Crippen molar-refractivity contribution in [3.05, 3.63) is 126 Å². The lowest BCUT2D eigenvalue weighted by Gasteiger charge is -2.43. The molecule has 6 aliphatic heterocycles. The highest BCUT2D eigenvalue weighted by Gasteiger charge is 2.49. The number of hydrogen-bond donors (Lipinski definition) is 1. The molecule has 67 heavy (non-hydrogen) atoms. The third-order valence-electron chi connectivity index (χ3n) is 15.1. The number of benzene rings is 7. The number of para-hydroxylation sites is 2. The van der Waals surface area contributed by atoms with Crippen LogP contribution in [0, 0.1) is 0 Å². The molecule has 13 rings (SSSR count). The van der Waals surface area contributed by atoms with Crippen molar-refractivity contribution in [1.29, 1.82) is 0 Å². The summed E-state index contributed by atoms with van der Waals surface area (Å²) in [5, 5.41) is 4.00. The van der Waals surface area contributed by atoms with Crippen LogP contribution in [0.25, 0.3) is 0 Å². The molecule has 0 spiro atoms. The minimum Gasteiger partial charge on any atom is -0.458 e. The smallest absolute Gasteiger partial charge is 0.256 e. The molecular weight excluding hydrogens is 859 g/mol. The fourth-order valence-corrected chi connectivity index (χ4v) is 13.0. The first-order chi connectivity index (χ1) is 32.0. The van der Waals surface area contributed by atoms with E-state index in [0.717, 1.165) is 51.6 Å². The Kier molecular flexibility index (Phi) is 8.60. The van der Waals surface area contributed by atoms with Crippen molar-refractivity contribution in [1.82, 2.24) is 0 Å². The Morgan fingerprint density at radius 2 is 0.821 bits per heavy atom. The molecule has 0 unspecified atom stereocenters. The second-order valence-corrected chi connectivity index (χ2v) is 23.7. The molecule has 7 aromatic rings. The van der Waals surface area contributed by atoms with E-state index in [1.165, 1.54) is 82.9 Å². The molecule has 0 aromatic heterocycles. The summed E-state index contributed by atoms with van der Waals surface area (Å²) >= 11 is 3.50. The first-order valence-corrected chi connectivity index (χ1v) is 25.9. The molecule has 0 saturated heterocycles. The summed E-state index contributed by atoms with van der Waals surface area (Å²) < 4.78 is 25.9. The molecule has 6 heterocycles. The van der Waals surface area contributed by atoms with Gasteiger partial charge in [0.1, 0.15) is 34.5 Å². The van der Waals surface area contributed by atoms with Crippen molar-refractivity contribution in [2.45, 2.75) is 78.6 Å². The van der Waals surface area contributed by atoms with Crippen molar-refractivity contribution in [3.63, 3.8) is 0 Å². The summed E-state index contributed by atoms with van der Waals surface area (Å²) in [6, 6.07) is 41.1. The highest BCUT2D eigenvalue weighted by molar-refractivity contribution is 8.00. The molecule has 0 atom stereocenters. The number of anilines is 6. The Labute approximate surface area is 404 Å². The lowest BCUT2D eigenvalue weighted by molar-refractivity contribution is 0.483. The molecule has 7 aromatic carbocycles. The number of rotatable bonds is 2. The van der Waals surface area contributed by atoms with Crippen molar-refractivity contribution in [2.24, 2.45) is 0 Å². The van der Waals surface area contributed by atoms with E-state index in [2.05, 4.69) is 198 Å². The van der Waals surface area contributed by atoms with Crippen LogP contribution in [-0.4, -0.2) is 32.6 Å². The average molecular weight is 912 g/mol. The minimum atomic E-state index is -0.108. The maximum Gasteiger partial charge on any atom is 0.256 e. The Morgan fingerprint density at radius 1 is 0.388 bits per heavy atom. The van der Waals surface area contributed by atoms with E-state index >= 15 is 0 Å². The van der Waals surface area contributed by atoms with Crippen LogP contribution in [0.4, 0.5) is 34.1 Å². The van der Waals surface area contributed by atoms with Crippen LogP contribution in [0.2, 0.25) is 0 Å². The Hall–Kier alpha value is -5.77. The summed E-state index contributed by atoms with van der Waals surface area (Å²) in [7, 11) is 0. The molecule has 1 N–H and O–H groups in total. The van der Waals surface area contributed by atoms with Gasteiger partial charge in [0, 0.05) is 35.6 Å². The first-order valence-electron chi connectivity index (χ1n) is 23.6. The van der Waals surface area contributed by atoms with Gasteiger partial charge in [0.05, 0.1) is 17.1 Å². The van der Waals surface area contributed by atoms with Crippen LogP contribution in [-0.2, 0) is 16.2 Å². The summed E-state index contributed by atoms with van der Waals surface area (Å²) in [6.45, 7) is 20.5. The predicted molar refractivity (Wildman–Crippen MR) is 290 cm³/mol. The maximum atomic E-state index is 7.35. The molecule has 0 aliphatic carbocycles. The number of hydrogen-bond acceptors (Lipinski definition) is 8. The molecular formula is C56H52B3N3O3S2. The van der Waals surface area contributed by atoms with Gasteiger partial charge in [-0.25, -0.2) is 0 Å². The van der Waals surface area contributed by atoms with E-state index in [9.17, 15) is 0 Å². The second-order valence-electron chi connectivity index (χ2n) is 22.2. The van der Waals surface area contributed by atoms with Gasteiger partial charge in [0.15, 0.2) is 0 Å². The molecule has 0 fully saturated rings. The first kappa shape index (κ1) is 41.4. The van der Waals surface area contributed by atoms with Crippen LogP contribution in [0.1, 0.15) is 79.0 Å². The van der Waals surface area contributed by atoms with Gasteiger partial charge in [-0.1, -0.05) is 111 Å². The van der Waals surface area contributed by atoms with Crippen LogP contribution < -0.4 is 77.3 Å². The number of nitrogens with zero attached hydrogens (tertiary/aromatic N) is 2. The zero-order valence-electron chi connectivity index (χ0n) is 40.1. The summed E-state index contributed by atoms with van der Waals surface area (Å²) in [5.41, 5.74) is 21.5. The van der Waals surface area contributed by atoms with E-state index < -0.39 is 0 Å². The summed E-state index contributed by atoms with van der Waals surface area (Å²) in [4.78, 5) is 0. The largest absolute Gasteiger partial charge is 0.458 e. The van der Waals surface area contributed by atoms with Gasteiger partial charge in [-0.2, -0.15) is 0 Å². The molecule has 0 amide bonds. The SMILES string of the molecule is CSN1c2cc3c(cc2B2c4cc5c(cc4Oc4cc(C(C)(C)C)cc1c42)N(SC)c1cc(C(C)(C)C)cc2c1B5c1ccccc1O2)B1c2ccccc2Oc2cc(C(C)(C)C)cc(c21)N3. The van der Waals surface area contributed by atoms with Gasteiger partial charge in [-0.05, 0) is 161 Å². The van der Waals surface area contributed by atoms with Crippen LogP contribution in [0.5, 0.6) is 34.5 Å². The summed E-state index contributed by atoms with van der Waals surface area (Å²) in [5.74, 6) is 5.54. The van der Waals surface area contributed by atoms with Gasteiger partial charge in [-0.3, -0.25) is 8.61 Å². The Balaban J connectivity index is 1.08. The fourth-order valence-electron chi connectivity index (χ4n) is 11.6.